The van der Waals surface area contributed by atoms with Crippen LogP contribution in [0.4, 0.5) is 0 Å². The molecule has 1 aliphatic carbocycles. The van der Waals surface area contributed by atoms with Crippen LogP contribution < -0.4 is 5.56 Å². The number of hydrogen-bond acceptors (Lipinski definition) is 7. The van der Waals surface area contributed by atoms with Gasteiger partial charge in [0, 0.05) is 17.4 Å². The highest BCUT2D eigenvalue weighted by Gasteiger charge is 2.21. The van der Waals surface area contributed by atoms with E-state index in [9.17, 15) is 4.79 Å². The molecule has 0 atom stereocenters. The molecule has 0 bridgehead atoms. The number of aromatic amines is 2. The number of benzene rings is 2. The zero-order valence-electron chi connectivity index (χ0n) is 19.9. The fourth-order valence-electron chi connectivity index (χ4n) is 4.95. The molecule has 182 valence electrons. The van der Waals surface area contributed by atoms with Gasteiger partial charge in [-0.25, -0.2) is 10.1 Å². The number of nitrogens with one attached hydrogen (secondary N) is 2. The molecule has 10 heteroatoms. The lowest BCUT2D eigenvalue weighted by molar-refractivity contribution is 0.515. The van der Waals surface area contributed by atoms with Crippen LogP contribution in [0, 0.1) is 6.92 Å². The van der Waals surface area contributed by atoms with Gasteiger partial charge in [0.05, 0.1) is 0 Å². The van der Waals surface area contributed by atoms with Crippen LogP contribution in [0.1, 0.15) is 43.5 Å². The van der Waals surface area contributed by atoms with Crippen molar-refractivity contribution in [1.29, 1.82) is 0 Å². The Labute approximate surface area is 211 Å². The Morgan fingerprint density at radius 1 is 1.00 bits per heavy atom. The summed E-state index contributed by atoms with van der Waals surface area (Å²) < 4.78 is 1.99. The van der Waals surface area contributed by atoms with Gasteiger partial charge in [-0.2, -0.15) is 10.3 Å². The van der Waals surface area contributed by atoms with Gasteiger partial charge in [-0.05, 0) is 41.7 Å². The number of aryl methyl sites for hydroxylation is 1. The van der Waals surface area contributed by atoms with Crippen LogP contribution in [0.3, 0.4) is 0 Å². The van der Waals surface area contributed by atoms with Crippen molar-refractivity contribution in [3.05, 3.63) is 70.3 Å². The second-order valence-electron chi connectivity index (χ2n) is 9.16. The molecule has 3 aromatic heterocycles. The summed E-state index contributed by atoms with van der Waals surface area (Å²) >= 11 is 1.76. The van der Waals surface area contributed by atoms with Crippen molar-refractivity contribution >= 4 is 22.8 Å². The summed E-state index contributed by atoms with van der Waals surface area (Å²) in [6.07, 6.45) is 6.20. The highest BCUT2D eigenvalue weighted by Crippen LogP contribution is 2.35. The minimum atomic E-state index is -0.204. The van der Waals surface area contributed by atoms with Gasteiger partial charge in [0.2, 0.25) is 5.82 Å². The fraction of sp³-hybridized carbons (Fsp3) is 0.308. The van der Waals surface area contributed by atoms with Crippen LogP contribution in [0.25, 0.3) is 33.5 Å². The van der Waals surface area contributed by atoms with Gasteiger partial charge in [-0.3, -0.25) is 4.79 Å². The highest BCUT2D eigenvalue weighted by molar-refractivity contribution is 8.00. The average molecular weight is 499 g/mol. The average Bonchev–Trinajstić information content (AvgIpc) is 3.56. The summed E-state index contributed by atoms with van der Waals surface area (Å²) in [5, 5.41) is 22.9. The first-order chi connectivity index (χ1) is 17.7. The number of nitrogens with zero attached hydrogens (tertiary/aromatic N) is 6. The molecule has 6 rings (SSSR count). The van der Waals surface area contributed by atoms with E-state index in [1.165, 1.54) is 32.1 Å². The molecule has 0 amide bonds. The molecule has 3 heterocycles. The Bertz CT molecular complexity index is 1550. The van der Waals surface area contributed by atoms with Crippen molar-refractivity contribution in [2.24, 2.45) is 0 Å². The predicted molar refractivity (Wildman–Crippen MR) is 140 cm³/mol. The Balaban J connectivity index is 1.30. The van der Waals surface area contributed by atoms with Crippen molar-refractivity contribution < 1.29 is 0 Å². The minimum Gasteiger partial charge on any atom is -0.319 e. The van der Waals surface area contributed by atoms with Crippen LogP contribution in [0.2, 0.25) is 0 Å². The van der Waals surface area contributed by atoms with E-state index in [0.717, 1.165) is 33.1 Å². The van der Waals surface area contributed by atoms with Crippen LogP contribution in [-0.2, 0) is 6.54 Å². The summed E-state index contributed by atoms with van der Waals surface area (Å²) in [4.78, 5) is 17.6. The molecule has 0 spiro atoms. The van der Waals surface area contributed by atoms with Crippen LogP contribution in [-0.4, -0.2) is 45.6 Å². The number of imidazole rings is 1. The molecule has 1 aliphatic rings. The van der Waals surface area contributed by atoms with Crippen LogP contribution in [0.15, 0.2) is 58.4 Å². The number of tetrazole rings is 1. The zero-order chi connectivity index (χ0) is 24.5. The lowest BCUT2D eigenvalue weighted by Gasteiger charge is -2.20. The highest BCUT2D eigenvalue weighted by atomic mass is 32.2. The third-order valence-electron chi connectivity index (χ3n) is 6.78. The maximum absolute atomic E-state index is 12.8. The summed E-state index contributed by atoms with van der Waals surface area (Å²) in [6.45, 7) is 2.50. The monoisotopic (exact) mass is 498 g/mol. The molecule has 2 N–H and O–H groups in total. The topological polar surface area (TPSA) is 118 Å². The third-order valence-corrected chi connectivity index (χ3v) is 8.10. The number of H-pyrrole nitrogens is 2. The lowest BCUT2D eigenvalue weighted by Crippen LogP contribution is -2.15. The summed E-state index contributed by atoms with van der Waals surface area (Å²) in [5.74, 6) is 1.37. The standard InChI is InChI=1S/C26H26N8OS/c1-16-27-22-23(25(35)30-31-26(22)36-19-7-3-2-4-8-19)34(16)15-17-11-13-18(14-12-17)20-9-5-6-10-21(20)24-28-32-33-29-24/h5-6,9-14,19H,2-4,7-8,15H2,1H3,(H,30,35)(H,28,29,32,33). The normalized spacial score (nSPS) is 14.5. The predicted octanol–water partition coefficient (Wildman–Crippen LogP) is 4.75. The van der Waals surface area contributed by atoms with Crippen molar-refractivity contribution in [2.75, 3.05) is 0 Å². The van der Waals surface area contributed by atoms with Crippen molar-refractivity contribution in [1.82, 2.24) is 40.4 Å². The molecule has 9 nitrogen and oxygen atoms in total. The van der Waals surface area contributed by atoms with Gasteiger partial charge in [0.25, 0.3) is 5.56 Å². The number of aromatic nitrogens is 8. The molecular formula is C26H26N8OS. The quantitative estimate of drug-likeness (QED) is 0.347. The van der Waals surface area contributed by atoms with Gasteiger partial charge in [0.1, 0.15) is 21.9 Å². The van der Waals surface area contributed by atoms with Gasteiger partial charge >= 0.3 is 0 Å². The van der Waals surface area contributed by atoms with E-state index < -0.39 is 0 Å². The van der Waals surface area contributed by atoms with E-state index in [1.54, 1.807) is 11.8 Å². The molecule has 2 aromatic carbocycles. The zero-order valence-corrected chi connectivity index (χ0v) is 20.8. The van der Waals surface area contributed by atoms with Crippen molar-refractivity contribution in [3.8, 4) is 22.5 Å². The molecule has 1 fully saturated rings. The van der Waals surface area contributed by atoms with Gasteiger partial charge in [0.15, 0.2) is 0 Å². The molecule has 0 unspecified atom stereocenters. The summed E-state index contributed by atoms with van der Waals surface area (Å²) in [7, 11) is 0. The van der Waals surface area contributed by atoms with Gasteiger partial charge < -0.3 is 4.57 Å². The van der Waals surface area contributed by atoms with Crippen LogP contribution >= 0.6 is 11.8 Å². The minimum absolute atomic E-state index is 0.204. The first kappa shape index (κ1) is 22.7. The lowest BCUT2D eigenvalue weighted by atomic mass is 9.98. The molecule has 0 saturated heterocycles. The number of rotatable bonds is 6. The Morgan fingerprint density at radius 2 is 1.78 bits per heavy atom. The second-order valence-corrected chi connectivity index (χ2v) is 10.4. The van der Waals surface area contributed by atoms with Crippen molar-refractivity contribution in [3.63, 3.8) is 0 Å². The van der Waals surface area contributed by atoms with Gasteiger partial charge in [-0.1, -0.05) is 79.6 Å². The van der Waals surface area contributed by atoms with Gasteiger partial charge in [-0.15, -0.1) is 10.2 Å². The first-order valence-electron chi connectivity index (χ1n) is 12.2. The third kappa shape index (κ3) is 4.32. The molecule has 0 aliphatic heterocycles. The van der Waals surface area contributed by atoms with E-state index in [1.807, 2.05) is 35.8 Å². The summed E-state index contributed by atoms with van der Waals surface area (Å²) in [6, 6.07) is 16.3. The second kappa shape index (κ2) is 9.69. The number of thioether (sulfide) groups is 1. The fourth-order valence-corrected chi connectivity index (χ4v) is 6.18. The molecule has 36 heavy (non-hydrogen) atoms. The maximum Gasteiger partial charge on any atom is 0.290 e. The molecule has 5 aromatic rings. The first-order valence-corrected chi connectivity index (χ1v) is 13.1. The molecule has 0 radical (unpaired) electrons. The molecule has 1 saturated carbocycles. The number of hydrogen-bond donors (Lipinski definition) is 2. The van der Waals surface area contributed by atoms with E-state index in [-0.39, 0.29) is 5.56 Å². The van der Waals surface area contributed by atoms with E-state index >= 15 is 0 Å². The Kier molecular flexibility index (Phi) is 6.10. The van der Waals surface area contributed by atoms with Crippen LogP contribution in [0.5, 0.6) is 0 Å². The maximum atomic E-state index is 12.8. The Morgan fingerprint density at radius 3 is 2.53 bits per heavy atom. The smallest absolute Gasteiger partial charge is 0.290 e. The SMILES string of the molecule is Cc1nc2c(SC3CCCCC3)n[nH]c(=O)c2n1Cc1ccc(-c2ccccc2-c2nn[nH]n2)cc1. The largest absolute Gasteiger partial charge is 0.319 e. The van der Waals surface area contributed by atoms with Crippen molar-refractivity contribution in [2.45, 2.75) is 55.8 Å². The van der Waals surface area contributed by atoms with E-state index in [0.29, 0.717) is 28.7 Å². The summed E-state index contributed by atoms with van der Waals surface area (Å²) in [5.41, 5.74) is 5.17. The number of fused-ring (bicyclic) bond motifs is 1. The Hall–Kier alpha value is -3.79. The van der Waals surface area contributed by atoms with E-state index in [4.69, 9.17) is 4.98 Å². The van der Waals surface area contributed by atoms with E-state index in [2.05, 4.69) is 55.1 Å². The molecular weight excluding hydrogens is 472 g/mol.